The molecule has 3 aromatic rings. The van der Waals surface area contributed by atoms with Crippen molar-refractivity contribution in [2.75, 3.05) is 7.11 Å². The molecule has 0 aliphatic heterocycles. The van der Waals surface area contributed by atoms with Crippen molar-refractivity contribution in [2.45, 2.75) is 19.1 Å². The molecule has 7 nitrogen and oxygen atoms in total. The third-order valence-electron chi connectivity index (χ3n) is 4.59. The minimum atomic E-state index is -0.952. The van der Waals surface area contributed by atoms with Gasteiger partial charge in [0.1, 0.15) is 5.75 Å². The van der Waals surface area contributed by atoms with Gasteiger partial charge in [0.05, 0.1) is 24.1 Å². The van der Waals surface area contributed by atoms with E-state index < -0.39 is 16.9 Å². The van der Waals surface area contributed by atoms with Crippen molar-refractivity contribution in [1.29, 1.82) is 0 Å². The van der Waals surface area contributed by atoms with Crippen molar-refractivity contribution < 1.29 is 19.2 Å². The van der Waals surface area contributed by atoms with Crippen LogP contribution >= 0.6 is 0 Å². The molecule has 0 aromatic heterocycles. The average Bonchev–Trinajstić information content (AvgIpc) is 2.78. The molecule has 0 fully saturated rings. The molecule has 0 aliphatic rings. The molecule has 7 heteroatoms. The lowest BCUT2D eigenvalue weighted by atomic mass is 9.98. The first kappa shape index (κ1) is 20.9. The van der Waals surface area contributed by atoms with Crippen LogP contribution in [0.3, 0.4) is 0 Å². The molecule has 3 rings (SSSR count). The highest BCUT2D eigenvalue weighted by atomic mass is 16.6. The van der Waals surface area contributed by atoms with Crippen molar-refractivity contribution in [3.05, 3.63) is 100 Å². The summed E-state index contributed by atoms with van der Waals surface area (Å²) in [5.74, 6) is -0.0587. The van der Waals surface area contributed by atoms with Gasteiger partial charge in [-0.2, -0.15) is 0 Å². The van der Waals surface area contributed by atoms with Crippen LogP contribution in [0.15, 0.2) is 78.9 Å². The number of nitrogens with zero attached hydrogens (tertiary/aromatic N) is 1. The minimum absolute atomic E-state index is 0.000535. The second-order valence-corrected chi connectivity index (χ2v) is 6.61. The number of nitrogens with one attached hydrogen (secondary N) is 1. The van der Waals surface area contributed by atoms with Crippen molar-refractivity contribution in [3.8, 4) is 11.5 Å². The highest BCUT2D eigenvalue weighted by molar-refractivity contribution is 5.81. The molecular weight excluding hydrogens is 384 g/mol. The van der Waals surface area contributed by atoms with Crippen LogP contribution in [0, 0.1) is 10.1 Å². The van der Waals surface area contributed by atoms with Crippen molar-refractivity contribution in [2.24, 2.45) is 0 Å². The Balaban J connectivity index is 1.81. The zero-order valence-corrected chi connectivity index (χ0v) is 16.6. The third kappa shape index (κ3) is 4.94. The van der Waals surface area contributed by atoms with E-state index in [1.807, 2.05) is 60.7 Å². The Morgan fingerprint density at radius 1 is 0.967 bits per heavy atom. The number of nitro benzene ring substituents is 1. The van der Waals surface area contributed by atoms with Crippen LogP contribution in [0.25, 0.3) is 0 Å². The van der Waals surface area contributed by atoms with Crippen LogP contribution in [-0.4, -0.2) is 24.0 Å². The summed E-state index contributed by atoms with van der Waals surface area (Å²) < 4.78 is 10.7. The summed E-state index contributed by atoms with van der Waals surface area (Å²) in [4.78, 5) is 23.7. The SMILES string of the molecule is COc1ccc(O[C@@H](C)C(=O)NC(c2ccccc2)c2ccccc2)c([N+](=O)[O-])c1. The Hall–Kier alpha value is -3.87. The number of rotatable bonds is 8. The van der Waals surface area contributed by atoms with Gasteiger partial charge in [-0.05, 0) is 30.2 Å². The number of methoxy groups -OCH3 is 1. The van der Waals surface area contributed by atoms with E-state index in [1.54, 1.807) is 13.0 Å². The first-order valence-corrected chi connectivity index (χ1v) is 9.39. The van der Waals surface area contributed by atoms with E-state index in [1.165, 1.54) is 19.2 Å². The number of ether oxygens (including phenoxy) is 2. The van der Waals surface area contributed by atoms with E-state index >= 15 is 0 Å². The highest BCUT2D eigenvalue weighted by Gasteiger charge is 2.25. The number of hydrogen-bond donors (Lipinski definition) is 1. The van der Waals surface area contributed by atoms with Gasteiger partial charge in [-0.15, -0.1) is 0 Å². The lowest BCUT2D eigenvalue weighted by molar-refractivity contribution is -0.386. The molecule has 1 amide bonds. The van der Waals surface area contributed by atoms with Gasteiger partial charge in [0.15, 0.2) is 11.9 Å². The van der Waals surface area contributed by atoms with Gasteiger partial charge in [-0.25, -0.2) is 0 Å². The van der Waals surface area contributed by atoms with Gasteiger partial charge in [-0.3, -0.25) is 14.9 Å². The Morgan fingerprint density at radius 3 is 2.03 bits per heavy atom. The predicted octanol–water partition coefficient (Wildman–Crippen LogP) is 4.28. The molecular formula is C23H22N2O5. The Kier molecular flexibility index (Phi) is 6.64. The number of carbonyl (C=O) groups excluding carboxylic acids is 1. The molecule has 0 saturated carbocycles. The van der Waals surface area contributed by atoms with Crippen LogP contribution < -0.4 is 14.8 Å². The monoisotopic (exact) mass is 406 g/mol. The van der Waals surface area contributed by atoms with Crippen LogP contribution in [0.5, 0.6) is 11.5 Å². The molecule has 3 aromatic carbocycles. The van der Waals surface area contributed by atoms with E-state index in [0.29, 0.717) is 5.75 Å². The first-order valence-electron chi connectivity index (χ1n) is 9.39. The van der Waals surface area contributed by atoms with Gasteiger partial charge in [0.25, 0.3) is 5.91 Å². The molecule has 30 heavy (non-hydrogen) atoms. The Bertz CT molecular complexity index is 969. The zero-order valence-electron chi connectivity index (χ0n) is 16.6. The Labute approximate surface area is 174 Å². The first-order chi connectivity index (χ1) is 14.5. The van der Waals surface area contributed by atoms with Crippen LogP contribution in [0.1, 0.15) is 24.1 Å². The van der Waals surface area contributed by atoms with E-state index in [4.69, 9.17) is 9.47 Å². The highest BCUT2D eigenvalue weighted by Crippen LogP contribution is 2.32. The van der Waals surface area contributed by atoms with Crippen molar-refractivity contribution in [3.63, 3.8) is 0 Å². The fraction of sp³-hybridized carbons (Fsp3) is 0.174. The molecule has 0 unspecified atom stereocenters. The van der Waals surface area contributed by atoms with Crippen LogP contribution in [-0.2, 0) is 4.79 Å². The summed E-state index contributed by atoms with van der Waals surface area (Å²) >= 11 is 0. The maximum absolute atomic E-state index is 12.9. The normalized spacial score (nSPS) is 11.6. The second-order valence-electron chi connectivity index (χ2n) is 6.61. The number of benzene rings is 3. The van der Waals surface area contributed by atoms with E-state index in [9.17, 15) is 14.9 Å². The summed E-state index contributed by atoms with van der Waals surface area (Å²) in [5.41, 5.74) is 1.57. The van der Waals surface area contributed by atoms with Crippen molar-refractivity contribution in [1.82, 2.24) is 5.32 Å². The molecule has 0 bridgehead atoms. The molecule has 0 aliphatic carbocycles. The average molecular weight is 406 g/mol. The fourth-order valence-electron chi connectivity index (χ4n) is 3.02. The van der Waals surface area contributed by atoms with Gasteiger partial charge in [0, 0.05) is 0 Å². The lowest BCUT2D eigenvalue weighted by Gasteiger charge is -2.22. The maximum atomic E-state index is 12.9. The maximum Gasteiger partial charge on any atom is 0.314 e. The molecule has 1 N–H and O–H groups in total. The molecule has 154 valence electrons. The van der Waals surface area contributed by atoms with E-state index in [-0.39, 0.29) is 17.5 Å². The summed E-state index contributed by atoms with van der Waals surface area (Å²) in [5, 5.41) is 14.3. The number of hydrogen-bond acceptors (Lipinski definition) is 5. The van der Waals surface area contributed by atoms with Gasteiger partial charge in [0.2, 0.25) is 0 Å². The smallest absolute Gasteiger partial charge is 0.314 e. The molecule has 0 heterocycles. The zero-order chi connectivity index (χ0) is 21.5. The lowest BCUT2D eigenvalue weighted by Crippen LogP contribution is -2.39. The third-order valence-corrected chi connectivity index (χ3v) is 4.59. The number of carbonyl (C=O) groups is 1. The second kappa shape index (κ2) is 9.56. The minimum Gasteiger partial charge on any atom is -0.496 e. The largest absolute Gasteiger partial charge is 0.496 e. The van der Waals surface area contributed by atoms with Crippen LogP contribution in [0.4, 0.5) is 5.69 Å². The summed E-state index contributed by atoms with van der Waals surface area (Å²) in [7, 11) is 1.42. The molecule has 1 atom stereocenters. The number of nitro groups is 1. The molecule has 0 spiro atoms. The molecule has 0 saturated heterocycles. The standard InChI is InChI=1S/C23H22N2O5/c1-16(30-21-14-13-19(29-2)15-20(21)25(27)28)23(26)24-22(17-9-5-3-6-10-17)18-11-7-4-8-12-18/h3-16,22H,1-2H3,(H,24,26)/t16-/m0/s1. The van der Waals surface area contributed by atoms with E-state index in [0.717, 1.165) is 11.1 Å². The van der Waals surface area contributed by atoms with Gasteiger partial charge in [-0.1, -0.05) is 60.7 Å². The topological polar surface area (TPSA) is 90.7 Å². The summed E-state index contributed by atoms with van der Waals surface area (Å²) in [6, 6.07) is 23.0. The fourth-order valence-corrected chi connectivity index (χ4v) is 3.02. The summed E-state index contributed by atoms with van der Waals surface area (Å²) in [6.45, 7) is 1.55. The number of amides is 1. The van der Waals surface area contributed by atoms with Gasteiger partial charge >= 0.3 is 5.69 Å². The summed E-state index contributed by atoms with van der Waals surface area (Å²) in [6.07, 6.45) is -0.952. The van der Waals surface area contributed by atoms with E-state index in [2.05, 4.69) is 5.32 Å². The molecule has 0 radical (unpaired) electrons. The van der Waals surface area contributed by atoms with Crippen LogP contribution in [0.2, 0.25) is 0 Å². The van der Waals surface area contributed by atoms with Gasteiger partial charge < -0.3 is 14.8 Å². The Morgan fingerprint density at radius 2 is 1.53 bits per heavy atom. The quantitative estimate of drug-likeness (QED) is 0.445. The predicted molar refractivity (Wildman–Crippen MR) is 113 cm³/mol. The van der Waals surface area contributed by atoms with Crippen molar-refractivity contribution >= 4 is 11.6 Å².